The first-order valence-electron chi connectivity index (χ1n) is 6.46. The minimum atomic E-state index is -1.38. The lowest BCUT2D eigenvalue weighted by atomic mass is 10.0. The predicted molar refractivity (Wildman–Crippen MR) is 81.1 cm³/mol. The fraction of sp³-hybridized carbons (Fsp3) is 0.500. The second-order valence-electron chi connectivity index (χ2n) is 4.77. The van der Waals surface area contributed by atoms with Gasteiger partial charge in [0.2, 0.25) is 5.91 Å². The number of carbonyl (C=O) groups excluding carboxylic acids is 1. The van der Waals surface area contributed by atoms with Crippen molar-refractivity contribution in [3.8, 4) is 5.75 Å². The van der Waals surface area contributed by atoms with Gasteiger partial charge in [0.25, 0.3) is 0 Å². The normalized spacial score (nSPS) is 11.3. The summed E-state index contributed by atoms with van der Waals surface area (Å²) in [5.41, 5.74) is -0.433. The van der Waals surface area contributed by atoms with E-state index in [1.54, 1.807) is 13.2 Å². The van der Waals surface area contributed by atoms with Crippen molar-refractivity contribution in [2.75, 3.05) is 26.9 Å². The molecule has 0 heterocycles. The van der Waals surface area contributed by atoms with Gasteiger partial charge < -0.3 is 25.4 Å². The van der Waals surface area contributed by atoms with Crippen molar-refractivity contribution in [1.29, 1.82) is 0 Å². The lowest BCUT2D eigenvalue weighted by Gasteiger charge is -2.28. The summed E-state index contributed by atoms with van der Waals surface area (Å²) in [6.07, 6.45) is 0.674. The van der Waals surface area contributed by atoms with Crippen LogP contribution in [0, 0.1) is 0 Å². The van der Waals surface area contributed by atoms with E-state index < -0.39 is 25.4 Å². The van der Waals surface area contributed by atoms with Crippen molar-refractivity contribution in [3.63, 3.8) is 0 Å². The first-order chi connectivity index (χ1) is 10.00. The zero-order valence-corrected chi connectivity index (χ0v) is 13.4. The maximum absolute atomic E-state index is 11.8. The molecule has 0 saturated heterocycles. The molecule has 1 rings (SSSR count). The summed E-state index contributed by atoms with van der Waals surface area (Å²) in [6, 6.07) is 5.52. The zero-order valence-electron chi connectivity index (χ0n) is 11.8. The first kappa shape index (κ1) is 17.9. The van der Waals surface area contributed by atoms with E-state index in [0.717, 1.165) is 10.0 Å². The molecule has 0 bridgehead atoms. The van der Waals surface area contributed by atoms with Crippen LogP contribution in [0.1, 0.15) is 12.0 Å². The Labute approximate surface area is 131 Å². The molecule has 0 spiro atoms. The largest absolute Gasteiger partial charge is 0.496 e. The molecule has 1 amide bonds. The highest BCUT2D eigenvalue weighted by molar-refractivity contribution is 9.10. The molecule has 4 N–H and O–H groups in total. The van der Waals surface area contributed by atoms with E-state index in [2.05, 4.69) is 21.2 Å². The summed E-state index contributed by atoms with van der Waals surface area (Å²) >= 11 is 3.37. The third-order valence-electron chi connectivity index (χ3n) is 3.17. The van der Waals surface area contributed by atoms with Gasteiger partial charge in [0.05, 0.1) is 31.4 Å². The van der Waals surface area contributed by atoms with E-state index in [0.29, 0.717) is 12.2 Å². The Kier molecular flexibility index (Phi) is 7.10. The minimum Gasteiger partial charge on any atom is -0.496 e. The molecule has 0 unspecified atom stereocenters. The average Bonchev–Trinajstić information content (AvgIpc) is 2.51. The van der Waals surface area contributed by atoms with E-state index in [-0.39, 0.29) is 12.3 Å². The Morgan fingerprint density at radius 2 is 1.90 bits per heavy atom. The smallest absolute Gasteiger partial charge is 0.220 e. The molecule has 1 aromatic carbocycles. The van der Waals surface area contributed by atoms with Crippen molar-refractivity contribution in [3.05, 3.63) is 28.2 Å². The maximum Gasteiger partial charge on any atom is 0.220 e. The first-order valence-corrected chi connectivity index (χ1v) is 7.25. The Hall–Kier alpha value is -1.15. The Bertz CT molecular complexity index is 468. The second-order valence-corrected chi connectivity index (χ2v) is 5.63. The molecule has 0 fully saturated rings. The summed E-state index contributed by atoms with van der Waals surface area (Å²) in [7, 11) is 1.57. The van der Waals surface area contributed by atoms with Crippen molar-refractivity contribution < 1.29 is 24.9 Å². The van der Waals surface area contributed by atoms with E-state index in [1.165, 1.54) is 0 Å². The monoisotopic (exact) mass is 361 g/mol. The number of aryl methyl sites for hydroxylation is 1. The molecular formula is C14H20BrNO5. The highest BCUT2D eigenvalue weighted by Crippen LogP contribution is 2.25. The molecule has 0 radical (unpaired) electrons. The van der Waals surface area contributed by atoms with Gasteiger partial charge in [0, 0.05) is 6.42 Å². The van der Waals surface area contributed by atoms with Gasteiger partial charge >= 0.3 is 0 Å². The number of benzene rings is 1. The second kappa shape index (κ2) is 8.33. The molecule has 7 heteroatoms. The quantitative estimate of drug-likeness (QED) is 0.531. The lowest BCUT2D eigenvalue weighted by molar-refractivity contribution is -0.125. The number of hydrogen-bond donors (Lipinski definition) is 4. The summed E-state index contributed by atoms with van der Waals surface area (Å²) < 4.78 is 5.93. The maximum atomic E-state index is 11.8. The van der Waals surface area contributed by atoms with Gasteiger partial charge in [-0.2, -0.15) is 0 Å². The van der Waals surface area contributed by atoms with E-state index in [4.69, 9.17) is 20.1 Å². The fourth-order valence-corrected chi connectivity index (χ4v) is 2.34. The number of amides is 1. The molecule has 0 aliphatic rings. The highest BCUT2D eigenvalue weighted by atomic mass is 79.9. The lowest BCUT2D eigenvalue weighted by Crippen LogP contribution is -2.57. The predicted octanol–water partition coefficient (Wildman–Crippen LogP) is 0.222. The highest BCUT2D eigenvalue weighted by Gasteiger charge is 2.29. The van der Waals surface area contributed by atoms with Crippen LogP contribution < -0.4 is 10.1 Å². The molecule has 0 atom stereocenters. The van der Waals surface area contributed by atoms with Gasteiger partial charge in [0.15, 0.2) is 0 Å². The molecule has 0 aliphatic carbocycles. The Morgan fingerprint density at radius 3 is 2.38 bits per heavy atom. The molecule has 1 aromatic rings. The number of halogens is 1. The van der Waals surface area contributed by atoms with E-state index in [1.807, 2.05) is 12.1 Å². The number of rotatable bonds is 8. The standard InChI is InChI=1S/C14H20BrNO5/c1-21-12-4-2-10(6-11(12)15)3-5-13(20)16-14(7-17,8-18)9-19/h2,4,6,17-19H,3,5,7-9H2,1H3,(H,16,20). The summed E-state index contributed by atoms with van der Waals surface area (Å²) in [5, 5.41) is 29.9. The van der Waals surface area contributed by atoms with Gasteiger partial charge in [-0.1, -0.05) is 6.07 Å². The van der Waals surface area contributed by atoms with Crippen LogP contribution in [0.15, 0.2) is 22.7 Å². The number of ether oxygens (including phenoxy) is 1. The summed E-state index contributed by atoms with van der Waals surface area (Å²) in [4.78, 5) is 11.8. The molecule has 0 aromatic heterocycles. The van der Waals surface area contributed by atoms with Crippen LogP contribution in [-0.4, -0.2) is 53.7 Å². The van der Waals surface area contributed by atoms with Crippen molar-refractivity contribution in [2.45, 2.75) is 18.4 Å². The van der Waals surface area contributed by atoms with Crippen LogP contribution in [0.2, 0.25) is 0 Å². The third kappa shape index (κ3) is 4.96. The van der Waals surface area contributed by atoms with Crippen LogP contribution in [0.4, 0.5) is 0 Å². The van der Waals surface area contributed by atoms with Crippen LogP contribution >= 0.6 is 15.9 Å². The van der Waals surface area contributed by atoms with Crippen LogP contribution in [0.5, 0.6) is 5.75 Å². The number of aliphatic hydroxyl groups excluding tert-OH is 3. The molecule has 0 saturated carbocycles. The minimum absolute atomic E-state index is 0.181. The van der Waals surface area contributed by atoms with E-state index in [9.17, 15) is 4.79 Å². The van der Waals surface area contributed by atoms with Crippen LogP contribution in [0.3, 0.4) is 0 Å². The molecule has 0 aliphatic heterocycles. The summed E-state index contributed by atoms with van der Waals surface area (Å²) in [5.74, 6) is 0.363. The Morgan fingerprint density at radius 1 is 1.29 bits per heavy atom. The number of aliphatic hydroxyl groups is 3. The Balaban J connectivity index is 2.59. The third-order valence-corrected chi connectivity index (χ3v) is 3.79. The van der Waals surface area contributed by atoms with Crippen LogP contribution in [-0.2, 0) is 11.2 Å². The molecular weight excluding hydrogens is 342 g/mol. The molecule has 118 valence electrons. The fourth-order valence-electron chi connectivity index (χ4n) is 1.75. The average molecular weight is 362 g/mol. The summed E-state index contributed by atoms with van der Waals surface area (Å²) in [6.45, 7) is -1.58. The molecule has 21 heavy (non-hydrogen) atoms. The zero-order chi connectivity index (χ0) is 15.9. The van der Waals surface area contributed by atoms with Gasteiger partial charge in [-0.25, -0.2) is 0 Å². The number of carbonyl (C=O) groups is 1. The van der Waals surface area contributed by atoms with Gasteiger partial charge in [-0.3, -0.25) is 4.79 Å². The topological polar surface area (TPSA) is 99.0 Å². The van der Waals surface area contributed by atoms with Gasteiger partial charge in [-0.15, -0.1) is 0 Å². The van der Waals surface area contributed by atoms with Crippen molar-refractivity contribution in [2.24, 2.45) is 0 Å². The van der Waals surface area contributed by atoms with Gasteiger partial charge in [0.1, 0.15) is 11.3 Å². The van der Waals surface area contributed by atoms with E-state index >= 15 is 0 Å². The number of nitrogens with one attached hydrogen (secondary N) is 1. The van der Waals surface area contributed by atoms with Gasteiger partial charge in [-0.05, 0) is 40.0 Å². The van der Waals surface area contributed by atoms with Crippen LogP contribution in [0.25, 0.3) is 0 Å². The molecule has 6 nitrogen and oxygen atoms in total. The van der Waals surface area contributed by atoms with Crippen molar-refractivity contribution in [1.82, 2.24) is 5.32 Å². The number of hydrogen-bond acceptors (Lipinski definition) is 5. The SMILES string of the molecule is COc1ccc(CCC(=O)NC(CO)(CO)CO)cc1Br. The van der Waals surface area contributed by atoms with Crippen molar-refractivity contribution >= 4 is 21.8 Å². The number of methoxy groups -OCH3 is 1.